The molecule has 0 bridgehead atoms. The van der Waals surface area contributed by atoms with Crippen molar-refractivity contribution < 1.29 is 41.8 Å². The number of nitrogens with one attached hydrogen (secondary N) is 2. The van der Waals surface area contributed by atoms with E-state index in [4.69, 9.17) is 9.47 Å². The van der Waals surface area contributed by atoms with Crippen LogP contribution in [-0.4, -0.2) is 43.2 Å². The molecule has 0 saturated carbocycles. The summed E-state index contributed by atoms with van der Waals surface area (Å²) in [7, 11) is 1.61. The monoisotopic (exact) mass is 597 g/mol. The molecule has 1 atom stereocenters. The number of amidine groups is 1. The standard InChI is InChI=1S/C31H30F3N3O6/c1-41-24-15-14-21-16-23(13-12-22(21)17-24)26-18-35-28(36-26)25(37-30(40)42-19-20-8-4-2-5-9-20)10-6-3-7-11-27(38)43-29(39)31(32,33)34/h2,4-5,8-9,12-18,25,36H,3,6-7,10-11,19H2,1H3,(H,37,40)/q+1. The summed E-state index contributed by atoms with van der Waals surface area (Å²) in [6, 6.07) is 20.3. The Morgan fingerprint density at radius 1 is 0.953 bits per heavy atom. The molecule has 1 aliphatic heterocycles. The molecule has 1 unspecified atom stereocenters. The van der Waals surface area contributed by atoms with E-state index in [1.54, 1.807) is 13.3 Å². The van der Waals surface area contributed by atoms with Gasteiger partial charge in [0.25, 0.3) is 0 Å². The molecule has 43 heavy (non-hydrogen) atoms. The summed E-state index contributed by atoms with van der Waals surface area (Å²) in [4.78, 5) is 39.5. The smallest absolute Gasteiger partial charge is 0.491 e. The van der Waals surface area contributed by atoms with Crippen molar-refractivity contribution in [3.63, 3.8) is 0 Å². The third kappa shape index (κ3) is 9.06. The second-order valence-corrected chi connectivity index (χ2v) is 9.73. The van der Waals surface area contributed by atoms with Crippen LogP contribution in [-0.2, 0) is 25.7 Å². The molecule has 0 spiro atoms. The molecular weight excluding hydrogens is 567 g/mol. The highest BCUT2D eigenvalue weighted by molar-refractivity contribution is 5.99. The van der Waals surface area contributed by atoms with Gasteiger partial charge in [-0.25, -0.2) is 14.9 Å². The average molecular weight is 598 g/mol. The molecule has 2 N–H and O–H groups in total. The van der Waals surface area contributed by atoms with Gasteiger partial charge in [0.15, 0.2) is 11.9 Å². The van der Waals surface area contributed by atoms with E-state index in [1.807, 2.05) is 66.7 Å². The molecule has 4 rings (SSSR count). The average Bonchev–Trinajstić information content (AvgIpc) is 3.49. The van der Waals surface area contributed by atoms with Crippen LogP contribution in [0.1, 0.15) is 43.2 Å². The Morgan fingerprint density at radius 3 is 2.44 bits per heavy atom. The van der Waals surface area contributed by atoms with Crippen LogP contribution in [0.5, 0.6) is 5.75 Å². The van der Waals surface area contributed by atoms with E-state index < -0.39 is 30.2 Å². The van der Waals surface area contributed by atoms with Gasteiger partial charge >= 0.3 is 30.0 Å². The van der Waals surface area contributed by atoms with E-state index in [9.17, 15) is 27.6 Å². The molecule has 0 fully saturated rings. The molecule has 225 valence electrons. The number of nitrogens with zero attached hydrogens (tertiary/aromatic N) is 1. The summed E-state index contributed by atoms with van der Waals surface area (Å²) in [5, 5.41) is 8.10. The Bertz CT molecular complexity index is 1520. The number of aliphatic imine (C=N–C) groups is 1. The summed E-state index contributed by atoms with van der Waals surface area (Å²) in [6.45, 7) is 0.0728. The molecular formula is C31H30F3N3O6+. The number of amides is 1. The van der Waals surface area contributed by atoms with Crippen LogP contribution in [0.25, 0.3) is 16.5 Å². The second-order valence-electron chi connectivity index (χ2n) is 9.73. The minimum Gasteiger partial charge on any atom is -0.497 e. The van der Waals surface area contributed by atoms with Gasteiger partial charge in [0.2, 0.25) is 0 Å². The predicted octanol–water partition coefficient (Wildman–Crippen LogP) is 5.36. The van der Waals surface area contributed by atoms with Crippen LogP contribution in [0.15, 0.2) is 72.9 Å². The molecule has 1 aliphatic rings. The van der Waals surface area contributed by atoms with Gasteiger partial charge in [0.1, 0.15) is 18.4 Å². The summed E-state index contributed by atoms with van der Waals surface area (Å²) in [6.07, 6.45) is -3.07. The Labute approximate surface area is 245 Å². The van der Waals surface area contributed by atoms with Gasteiger partial charge in [0, 0.05) is 12.0 Å². The van der Waals surface area contributed by atoms with Crippen molar-refractivity contribution in [3.8, 4) is 5.75 Å². The van der Waals surface area contributed by atoms with Crippen LogP contribution >= 0.6 is 0 Å². The zero-order valence-corrected chi connectivity index (χ0v) is 23.3. The van der Waals surface area contributed by atoms with E-state index in [2.05, 4.69) is 20.4 Å². The van der Waals surface area contributed by atoms with Gasteiger partial charge in [0.05, 0.1) is 7.11 Å². The molecule has 3 aromatic carbocycles. The highest BCUT2D eigenvalue weighted by Crippen LogP contribution is 2.25. The van der Waals surface area contributed by atoms with Crippen LogP contribution in [0.2, 0.25) is 0 Å². The zero-order valence-electron chi connectivity index (χ0n) is 23.3. The molecule has 3 aromatic rings. The van der Waals surface area contributed by atoms with Gasteiger partial charge in [-0.1, -0.05) is 55.3 Å². The van der Waals surface area contributed by atoms with Crippen molar-refractivity contribution in [2.75, 3.05) is 7.11 Å². The van der Waals surface area contributed by atoms with Gasteiger partial charge in [-0.05, 0) is 58.4 Å². The van der Waals surface area contributed by atoms with E-state index in [1.165, 1.54) is 0 Å². The van der Waals surface area contributed by atoms with Crippen LogP contribution in [0, 0.1) is 0 Å². The minimum atomic E-state index is -5.23. The fourth-order valence-electron chi connectivity index (χ4n) is 4.37. The largest absolute Gasteiger partial charge is 0.497 e. The van der Waals surface area contributed by atoms with Crippen molar-refractivity contribution in [1.82, 2.24) is 15.6 Å². The zero-order chi connectivity index (χ0) is 30.8. The molecule has 1 heterocycles. The molecule has 0 aliphatic carbocycles. The van der Waals surface area contributed by atoms with Crippen molar-refractivity contribution in [1.29, 1.82) is 0 Å². The fraction of sp³-hybridized carbons (Fsp3) is 0.290. The highest BCUT2D eigenvalue weighted by Gasteiger charge is 2.42. The molecule has 0 saturated heterocycles. The molecule has 9 nitrogen and oxygen atoms in total. The first-order chi connectivity index (χ1) is 20.6. The maximum absolute atomic E-state index is 12.7. The number of halogens is 3. The normalized spacial score (nSPS) is 13.4. The van der Waals surface area contributed by atoms with E-state index in [0.717, 1.165) is 33.3 Å². The number of benzene rings is 3. The lowest BCUT2D eigenvalue weighted by atomic mass is 10.0. The maximum atomic E-state index is 12.7. The number of carbonyl (C=O) groups excluding carboxylic acids is 3. The van der Waals surface area contributed by atoms with Gasteiger partial charge in [-0.15, -0.1) is 0 Å². The first-order valence-corrected chi connectivity index (χ1v) is 13.5. The number of carbonyl (C=O) groups is 3. The van der Waals surface area contributed by atoms with Crippen molar-refractivity contribution >= 4 is 40.3 Å². The number of fused-ring (bicyclic) bond motifs is 1. The number of methoxy groups -OCH3 is 1. The maximum Gasteiger partial charge on any atom is 0.491 e. The first kappa shape index (κ1) is 31.1. The van der Waals surface area contributed by atoms with Crippen LogP contribution < -0.4 is 20.4 Å². The number of hydrogen-bond donors (Lipinski definition) is 2. The number of unbranched alkanes of at least 4 members (excludes halogenated alkanes) is 2. The van der Waals surface area contributed by atoms with Gasteiger partial charge < -0.3 is 19.5 Å². The molecule has 0 aromatic heterocycles. The number of ether oxygens (including phenoxy) is 3. The lowest BCUT2D eigenvalue weighted by Gasteiger charge is -2.15. The topological polar surface area (TPSA) is 117 Å². The molecule has 12 heteroatoms. The van der Waals surface area contributed by atoms with Crippen molar-refractivity contribution in [2.24, 2.45) is 0 Å². The van der Waals surface area contributed by atoms with Crippen LogP contribution in [0.4, 0.5) is 18.0 Å². The summed E-state index contributed by atoms with van der Waals surface area (Å²) < 4.78 is 51.3. The number of hydrogen-bond acceptors (Lipinski definition) is 8. The number of alkyl carbamates (subject to hydrolysis) is 1. The number of alkyl halides is 3. The minimum absolute atomic E-state index is 0.0728. The van der Waals surface area contributed by atoms with Crippen LogP contribution in [0.3, 0.4) is 0 Å². The summed E-state index contributed by atoms with van der Waals surface area (Å²) >= 11 is 0. The molecule has 1 radical (unpaired) electrons. The van der Waals surface area contributed by atoms with Crippen molar-refractivity contribution in [3.05, 3.63) is 84.1 Å². The SMILES string of the molecule is COc1ccc2cc(C3=C[N+]=C(C(CCCCCC(=O)OC(=O)C(F)(F)F)NC(=O)OCc4ccccc4)N3)ccc2c1. The second kappa shape index (κ2) is 14.3. The number of esters is 2. The number of rotatable bonds is 12. The predicted molar refractivity (Wildman–Crippen MR) is 153 cm³/mol. The third-order valence-corrected chi connectivity index (χ3v) is 6.60. The lowest BCUT2D eigenvalue weighted by molar-refractivity contribution is -0.201. The summed E-state index contributed by atoms with van der Waals surface area (Å²) in [5.74, 6) is -2.54. The summed E-state index contributed by atoms with van der Waals surface area (Å²) in [5.41, 5.74) is 2.43. The molecule has 1 amide bonds. The third-order valence-electron chi connectivity index (χ3n) is 6.60. The quantitative estimate of drug-likeness (QED) is 0.164. The van der Waals surface area contributed by atoms with Gasteiger partial charge in [-0.2, -0.15) is 13.2 Å². The Hall–Kier alpha value is -4.87. The van der Waals surface area contributed by atoms with Crippen molar-refractivity contribution in [2.45, 2.75) is 50.9 Å². The lowest BCUT2D eigenvalue weighted by Crippen LogP contribution is -2.46. The highest BCUT2D eigenvalue weighted by atomic mass is 19.4. The Kier molecular flexibility index (Phi) is 10.4. The fourth-order valence-corrected chi connectivity index (χ4v) is 4.37. The first-order valence-electron chi connectivity index (χ1n) is 13.5. The van der Waals surface area contributed by atoms with E-state index in [-0.39, 0.29) is 19.4 Å². The Morgan fingerprint density at radius 2 is 1.70 bits per heavy atom. The van der Waals surface area contributed by atoms with Gasteiger partial charge in [-0.3, -0.25) is 4.79 Å². The van der Waals surface area contributed by atoms with E-state index >= 15 is 0 Å². The Balaban J connectivity index is 1.34. The van der Waals surface area contributed by atoms with E-state index in [0.29, 0.717) is 25.1 Å².